The van der Waals surface area contributed by atoms with Crippen molar-refractivity contribution in [1.82, 2.24) is 10.6 Å². The van der Waals surface area contributed by atoms with Crippen LogP contribution in [0.2, 0.25) is 0 Å². The second-order valence-corrected chi connectivity index (χ2v) is 4.15. The van der Waals surface area contributed by atoms with Gasteiger partial charge in [-0.1, -0.05) is 0 Å². The van der Waals surface area contributed by atoms with Crippen LogP contribution in [0.3, 0.4) is 0 Å². The highest BCUT2D eigenvalue weighted by atomic mass is 16.7. The molecule has 0 spiro atoms. The van der Waals surface area contributed by atoms with Crippen LogP contribution in [0.4, 0.5) is 0 Å². The average molecular weight is 230 g/mol. The molecule has 5 heteroatoms. The number of rotatable bonds is 8. The topological polar surface area (TPSA) is 59.6 Å². The van der Waals surface area contributed by atoms with Gasteiger partial charge in [0, 0.05) is 33.2 Å². The molecule has 1 amide bonds. The van der Waals surface area contributed by atoms with Crippen LogP contribution in [0, 0.1) is 5.92 Å². The monoisotopic (exact) mass is 230 g/mol. The predicted octanol–water partition coefficient (Wildman–Crippen LogP) is 0.110. The van der Waals surface area contributed by atoms with Gasteiger partial charge in [-0.25, -0.2) is 0 Å². The highest BCUT2D eigenvalue weighted by Gasteiger charge is 2.29. The Balaban J connectivity index is 2.02. The fourth-order valence-corrected chi connectivity index (χ4v) is 1.58. The first-order valence-corrected chi connectivity index (χ1v) is 5.75. The molecule has 1 aliphatic rings. The molecule has 1 rings (SSSR count). The summed E-state index contributed by atoms with van der Waals surface area (Å²) in [4.78, 5) is 11.3. The van der Waals surface area contributed by atoms with E-state index in [0.717, 1.165) is 19.4 Å². The fraction of sp³-hybridized carbons (Fsp3) is 0.909. The Morgan fingerprint density at radius 2 is 1.94 bits per heavy atom. The molecular weight excluding hydrogens is 208 g/mol. The first-order valence-electron chi connectivity index (χ1n) is 5.75. The second-order valence-electron chi connectivity index (χ2n) is 4.15. The molecule has 1 saturated carbocycles. The lowest BCUT2D eigenvalue weighted by Crippen LogP contribution is -2.43. The third kappa shape index (κ3) is 4.47. The van der Waals surface area contributed by atoms with Crippen LogP contribution in [0.25, 0.3) is 0 Å². The number of carbonyl (C=O) groups is 1. The van der Waals surface area contributed by atoms with E-state index in [9.17, 15) is 4.79 Å². The Morgan fingerprint density at radius 1 is 1.31 bits per heavy atom. The quantitative estimate of drug-likeness (QED) is 0.459. The van der Waals surface area contributed by atoms with Crippen LogP contribution in [-0.2, 0) is 14.3 Å². The zero-order chi connectivity index (χ0) is 12.0. The zero-order valence-corrected chi connectivity index (χ0v) is 10.3. The second kappa shape index (κ2) is 6.83. The van der Waals surface area contributed by atoms with Crippen molar-refractivity contribution in [2.75, 3.05) is 27.3 Å². The number of nitrogens with one attached hydrogen (secondary N) is 2. The lowest BCUT2D eigenvalue weighted by molar-refractivity contribution is -0.122. The standard InChI is InChI=1S/C11H22N2O3/c1-8(11(15-2)16-3)12-6-7-13-10(14)9-4-5-9/h8-9,11-12H,4-7H2,1-3H3,(H,13,14). The van der Waals surface area contributed by atoms with E-state index in [2.05, 4.69) is 10.6 Å². The molecule has 0 aromatic carbocycles. The fourth-order valence-electron chi connectivity index (χ4n) is 1.58. The van der Waals surface area contributed by atoms with E-state index in [1.54, 1.807) is 14.2 Å². The molecule has 1 fully saturated rings. The Bertz CT molecular complexity index is 215. The van der Waals surface area contributed by atoms with Crippen molar-refractivity contribution in [2.45, 2.75) is 32.1 Å². The van der Waals surface area contributed by atoms with Gasteiger partial charge in [-0.3, -0.25) is 4.79 Å². The van der Waals surface area contributed by atoms with Gasteiger partial charge < -0.3 is 20.1 Å². The largest absolute Gasteiger partial charge is 0.355 e. The smallest absolute Gasteiger partial charge is 0.223 e. The third-order valence-electron chi connectivity index (χ3n) is 2.71. The van der Waals surface area contributed by atoms with E-state index < -0.39 is 0 Å². The van der Waals surface area contributed by atoms with E-state index in [4.69, 9.17) is 9.47 Å². The molecule has 0 bridgehead atoms. The highest BCUT2D eigenvalue weighted by Crippen LogP contribution is 2.28. The SMILES string of the molecule is COC(OC)C(C)NCCNC(=O)C1CC1. The zero-order valence-electron chi connectivity index (χ0n) is 10.3. The van der Waals surface area contributed by atoms with Gasteiger partial charge in [0.25, 0.3) is 0 Å². The van der Waals surface area contributed by atoms with E-state index in [1.165, 1.54) is 0 Å². The van der Waals surface area contributed by atoms with Crippen molar-refractivity contribution in [3.8, 4) is 0 Å². The molecule has 0 aromatic heterocycles. The molecule has 16 heavy (non-hydrogen) atoms. The molecule has 0 radical (unpaired) electrons. The molecule has 0 aromatic rings. The first kappa shape index (κ1) is 13.4. The minimum Gasteiger partial charge on any atom is -0.355 e. The maximum atomic E-state index is 11.3. The number of carbonyl (C=O) groups excluding carboxylic acids is 1. The van der Waals surface area contributed by atoms with E-state index in [-0.39, 0.29) is 24.2 Å². The summed E-state index contributed by atoms with van der Waals surface area (Å²) in [6.45, 7) is 3.36. The molecule has 1 unspecified atom stereocenters. The number of hydrogen-bond acceptors (Lipinski definition) is 4. The van der Waals surface area contributed by atoms with E-state index in [1.807, 2.05) is 6.92 Å². The summed E-state index contributed by atoms with van der Waals surface area (Å²) >= 11 is 0. The predicted molar refractivity (Wildman–Crippen MR) is 61.0 cm³/mol. The van der Waals surface area contributed by atoms with Gasteiger partial charge in [0.15, 0.2) is 6.29 Å². The van der Waals surface area contributed by atoms with Crippen molar-refractivity contribution < 1.29 is 14.3 Å². The van der Waals surface area contributed by atoms with Crippen LogP contribution in [0.15, 0.2) is 0 Å². The Morgan fingerprint density at radius 3 is 2.44 bits per heavy atom. The van der Waals surface area contributed by atoms with Gasteiger partial charge in [0.1, 0.15) is 0 Å². The van der Waals surface area contributed by atoms with Crippen LogP contribution in [-0.4, -0.2) is 45.5 Å². The summed E-state index contributed by atoms with van der Waals surface area (Å²) in [6, 6.07) is 0.104. The maximum absolute atomic E-state index is 11.3. The normalized spacial score (nSPS) is 17.5. The van der Waals surface area contributed by atoms with Gasteiger partial charge in [0.05, 0.1) is 6.04 Å². The molecular formula is C11H22N2O3. The Labute approximate surface area is 96.9 Å². The Hall–Kier alpha value is -0.650. The summed E-state index contributed by atoms with van der Waals surface area (Å²) in [5, 5.41) is 6.13. The van der Waals surface area contributed by atoms with Gasteiger partial charge in [-0.2, -0.15) is 0 Å². The highest BCUT2D eigenvalue weighted by molar-refractivity contribution is 5.80. The van der Waals surface area contributed by atoms with Crippen LogP contribution in [0.1, 0.15) is 19.8 Å². The molecule has 0 saturated heterocycles. The van der Waals surface area contributed by atoms with Crippen molar-refractivity contribution >= 4 is 5.91 Å². The minimum absolute atomic E-state index is 0.104. The molecule has 1 aliphatic carbocycles. The van der Waals surface area contributed by atoms with Crippen molar-refractivity contribution in [1.29, 1.82) is 0 Å². The molecule has 5 nitrogen and oxygen atoms in total. The number of hydrogen-bond donors (Lipinski definition) is 2. The molecule has 1 atom stereocenters. The Kier molecular flexibility index (Phi) is 5.73. The third-order valence-corrected chi connectivity index (χ3v) is 2.71. The van der Waals surface area contributed by atoms with Crippen molar-refractivity contribution in [3.63, 3.8) is 0 Å². The summed E-state index contributed by atoms with van der Waals surface area (Å²) in [5.74, 6) is 0.465. The molecule has 2 N–H and O–H groups in total. The first-order chi connectivity index (χ1) is 7.69. The lowest BCUT2D eigenvalue weighted by atomic mass is 10.3. The van der Waals surface area contributed by atoms with Gasteiger partial charge in [-0.05, 0) is 19.8 Å². The summed E-state index contributed by atoms with van der Waals surface area (Å²) < 4.78 is 10.2. The molecule has 0 heterocycles. The average Bonchev–Trinajstić information content (AvgIpc) is 3.09. The van der Waals surface area contributed by atoms with Gasteiger partial charge in [0.2, 0.25) is 5.91 Å². The number of methoxy groups -OCH3 is 2. The molecule has 0 aliphatic heterocycles. The van der Waals surface area contributed by atoms with Crippen LogP contribution in [0.5, 0.6) is 0 Å². The summed E-state index contributed by atoms with van der Waals surface area (Å²) in [7, 11) is 3.22. The lowest BCUT2D eigenvalue weighted by Gasteiger charge is -2.22. The van der Waals surface area contributed by atoms with Crippen LogP contribution < -0.4 is 10.6 Å². The summed E-state index contributed by atoms with van der Waals surface area (Å²) in [6.07, 6.45) is 1.84. The minimum atomic E-state index is -0.251. The number of amides is 1. The summed E-state index contributed by atoms with van der Waals surface area (Å²) in [5.41, 5.74) is 0. The van der Waals surface area contributed by atoms with E-state index in [0.29, 0.717) is 6.54 Å². The van der Waals surface area contributed by atoms with E-state index >= 15 is 0 Å². The number of ether oxygens (including phenoxy) is 2. The van der Waals surface area contributed by atoms with Crippen LogP contribution >= 0.6 is 0 Å². The van der Waals surface area contributed by atoms with Gasteiger partial charge >= 0.3 is 0 Å². The van der Waals surface area contributed by atoms with Crippen molar-refractivity contribution in [3.05, 3.63) is 0 Å². The van der Waals surface area contributed by atoms with Crippen molar-refractivity contribution in [2.24, 2.45) is 5.92 Å². The molecule has 94 valence electrons. The maximum Gasteiger partial charge on any atom is 0.223 e. The van der Waals surface area contributed by atoms with Gasteiger partial charge in [-0.15, -0.1) is 0 Å².